The number of aryl methyl sites for hydroxylation is 1. The molecule has 82 valence electrons. The first kappa shape index (κ1) is 11.3. The van der Waals surface area contributed by atoms with Gasteiger partial charge >= 0.3 is 0 Å². The maximum Gasteiger partial charge on any atom is 0.189 e. The van der Waals surface area contributed by atoms with Crippen molar-refractivity contribution in [3.05, 3.63) is 44.8 Å². The number of hydrogen-bond donors (Lipinski definition) is 0. The van der Waals surface area contributed by atoms with Crippen LogP contribution in [0.3, 0.4) is 0 Å². The number of ketones is 1. The summed E-state index contributed by atoms with van der Waals surface area (Å²) in [6, 6.07) is 1.97. The average Bonchev–Trinajstić information content (AvgIpc) is 2.84. The van der Waals surface area contributed by atoms with Gasteiger partial charge in [-0.1, -0.05) is 0 Å². The van der Waals surface area contributed by atoms with Gasteiger partial charge in [-0.25, -0.2) is 0 Å². The Labute approximate surface area is 106 Å². The average molecular weight is 297 g/mol. The second kappa shape index (κ2) is 4.76. The molecule has 0 bridgehead atoms. The van der Waals surface area contributed by atoms with Crippen LogP contribution in [0, 0.1) is 0 Å². The van der Waals surface area contributed by atoms with Crippen LogP contribution in [0.5, 0.6) is 0 Å². The number of thiophene rings is 1. The van der Waals surface area contributed by atoms with Crippen LogP contribution < -0.4 is 0 Å². The van der Waals surface area contributed by atoms with Crippen LogP contribution in [0.2, 0.25) is 0 Å². The van der Waals surface area contributed by atoms with E-state index in [-0.39, 0.29) is 5.78 Å². The fourth-order valence-corrected chi connectivity index (χ4v) is 2.56. The van der Waals surface area contributed by atoms with E-state index in [1.807, 2.05) is 17.5 Å². The van der Waals surface area contributed by atoms with Crippen LogP contribution in [0.1, 0.15) is 15.2 Å². The first-order valence-corrected chi connectivity index (χ1v) is 6.27. The van der Waals surface area contributed by atoms with E-state index >= 15 is 0 Å². The van der Waals surface area contributed by atoms with E-state index < -0.39 is 0 Å². The molecule has 0 atom stereocenters. The summed E-state index contributed by atoms with van der Waals surface area (Å²) in [7, 11) is 1.79. The van der Waals surface area contributed by atoms with Crippen molar-refractivity contribution >= 4 is 39.1 Å². The maximum absolute atomic E-state index is 11.7. The predicted molar refractivity (Wildman–Crippen MR) is 68.6 cm³/mol. The Bertz CT molecular complexity index is 542. The van der Waals surface area contributed by atoms with E-state index in [2.05, 4.69) is 21.0 Å². The molecule has 0 spiro atoms. The van der Waals surface area contributed by atoms with Gasteiger partial charge in [0.1, 0.15) is 0 Å². The number of carbonyl (C=O) groups is 1. The number of allylic oxidation sites excluding steroid dienone is 1. The van der Waals surface area contributed by atoms with Crippen molar-refractivity contribution in [2.45, 2.75) is 0 Å². The summed E-state index contributed by atoms with van der Waals surface area (Å²) in [6.07, 6.45) is 6.65. The molecule has 0 N–H and O–H groups in total. The third-order valence-electron chi connectivity index (χ3n) is 1.98. The maximum atomic E-state index is 11.7. The molecule has 0 aliphatic rings. The molecule has 0 radical (unpaired) electrons. The quantitative estimate of drug-likeness (QED) is 0.644. The highest BCUT2D eigenvalue weighted by atomic mass is 79.9. The number of rotatable bonds is 3. The van der Waals surface area contributed by atoms with Gasteiger partial charge in [0, 0.05) is 28.0 Å². The molecule has 0 amide bonds. The predicted octanol–water partition coefficient (Wildman–Crippen LogP) is 3.14. The molecule has 2 aromatic rings. The first-order chi connectivity index (χ1) is 7.65. The zero-order valence-corrected chi connectivity index (χ0v) is 11.0. The molecule has 0 aliphatic heterocycles. The summed E-state index contributed by atoms with van der Waals surface area (Å²) < 4.78 is 2.65. The van der Waals surface area contributed by atoms with Crippen LogP contribution in [0.25, 0.3) is 6.08 Å². The van der Waals surface area contributed by atoms with Gasteiger partial charge in [-0.05, 0) is 34.1 Å². The van der Waals surface area contributed by atoms with Crippen molar-refractivity contribution in [3.8, 4) is 0 Å². The van der Waals surface area contributed by atoms with Crippen LogP contribution in [-0.4, -0.2) is 15.6 Å². The fourth-order valence-electron chi connectivity index (χ4n) is 1.22. The second-order valence-corrected chi connectivity index (χ2v) is 5.13. The van der Waals surface area contributed by atoms with E-state index in [0.717, 1.165) is 9.35 Å². The number of nitrogens with zero attached hydrogens (tertiary/aromatic N) is 2. The van der Waals surface area contributed by atoms with Gasteiger partial charge in [0.15, 0.2) is 5.78 Å². The normalized spacial score (nSPS) is 11.1. The molecule has 3 nitrogen and oxygen atoms in total. The van der Waals surface area contributed by atoms with Gasteiger partial charge in [-0.15, -0.1) is 11.3 Å². The lowest BCUT2D eigenvalue weighted by Crippen LogP contribution is -1.91. The van der Waals surface area contributed by atoms with Crippen LogP contribution in [0.15, 0.2) is 34.4 Å². The number of aromatic nitrogens is 2. The molecular weight excluding hydrogens is 288 g/mol. The summed E-state index contributed by atoms with van der Waals surface area (Å²) in [6.45, 7) is 0. The van der Waals surface area contributed by atoms with E-state index in [9.17, 15) is 4.79 Å². The van der Waals surface area contributed by atoms with Crippen LogP contribution >= 0.6 is 27.3 Å². The number of carbonyl (C=O) groups excluding carboxylic acids is 1. The van der Waals surface area contributed by atoms with Gasteiger partial charge in [0.2, 0.25) is 0 Å². The van der Waals surface area contributed by atoms with Crippen LogP contribution in [-0.2, 0) is 7.05 Å². The molecule has 0 unspecified atom stereocenters. The fraction of sp³-hybridized carbons (Fsp3) is 0.0909. The number of halogens is 1. The van der Waals surface area contributed by atoms with Crippen molar-refractivity contribution in [1.82, 2.24) is 9.78 Å². The third kappa shape index (κ3) is 2.68. The van der Waals surface area contributed by atoms with Crippen molar-refractivity contribution < 1.29 is 4.79 Å². The summed E-state index contributed by atoms with van der Waals surface area (Å²) in [4.78, 5) is 12.7. The molecule has 2 aromatic heterocycles. The molecular formula is C11H9BrN2OS. The summed E-state index contributed by atoms with van der Waals surface area (Å²) >= 11 is 4.95. The van der Waals surface area contributed by atoms with Gasteiger partial charge in [-0.3, -0.25) is 9.48 Å². The summed E-state index contributed by atoms with van der Waals surface area (Å²) in [5.74, 6) is -0.0300. The zero-order valence-electron chi connectivity index (χ0n) is 8.55. The van der Waals surface area contributed by atoms with Crippen molar-refractivity contribution in [1.29, 1.82) is 0 Å². The molecule has 16 heavy (non-hydrogen) atoms. The highest BCUT2D eigenvalue weighted by molar-refractivity contribution is 9.10. The van der Waals surface area contributed by atoms with Gasteiger partial charge in [-0.2, -0.15) is 5.10 Å². The number of hydrogen-bond acceptors (Lipinski definition) is 3. The minimum atomic E-state index is -0.0300. The molecule has 0 fully saturated rings. The van der Waals surface area contributed by atoms with E-state index in [4.69, 9.17) is 0 Å². The molecule has 2 heterocycles. The Balaban J connectivity index is 2.10. The second-order valence-electron chi connectivity index (χ2n) is 3.27. The zero-order chi connectivity index (χ0) is 11.5. The largest absolute Gasteiger partial charge is 0.289 e. The first-order valence-electron chi connectivity index (χ1n) is 4.60. The Morgan fingerprint density at radius 2 is 2.44 bits per heavy atom. The standard InChI is InChI=1S/C11H9BrN2OS/c1-14-6-8(5-13-14)11(15)3-2-10-4-9(12)7-16-10/h2-7H,1H3/b3-2-. The Morgan fingerprint density at radius 1 is 1.62 bits per heavy atom. The molecule has 2 rings (SSSR count). The van der Waals surface area contributed by atoms with Gasteiger partial charge in [0.05, 0.1) is 11.8 Å². The lowest BCUT2D eigenvalue weighted by Gasteiger charge is -1.87. The Hall–Kier alpha value is -1.20. The molecule has 5 heteroatoms. The van der Waals surface area contributed by atoms with Crippen molar-refractivity contribution in [2.75, 3.05) is 0 Å². The summed E-state index contributed by atoms with van der Waals surface area (Å²) in [5.41, 5.74) is 0.606. The Morgan fingerprint density at radius 3 is 3.00 bits per heavy atom. The lowest BCUT2D eigenvalue weighted by atomic mass is 10.2. The van der Waals surface area contributed by atoms with E-state index in [1.165, 1.54) is 0 Å². The topological polar surface area (TPSA) is 34.9 Å². The van der Waals surface area contributed by atoms with Crippen LogP contribution in [0.4, 0.5) is 0 Å². The highest BCUT2D eigenvalue weighted by Crippen LogP contribution is 2.20. The minimum absolute atomic E-state index is 0.0300. The van der Waals surface area contributed by atoms with E-state index in [0.29, 0.717) is 5.56 Å². The minimum Gasteiger partial charge on any atom is -0.289 e. The highest BCUT2D eigenvalue weighted by Gasteiger charge is 2.03. The summed E-state index contributed by atoms with van der Waals surface area (Å²) in [5, 5.41) is 5.93. The molecule has 0 aromatic carbocycles. The van der Waals surface area contributed by atoms with E-state index in [1.54, 1.807) is 41.5 Å². The third-order valence-corrected chi connectivity index (χ3v) is 3.63. The van der Waals surface area contributed by atoms with Crippen molar-refractivity contribution in [2.24, 2.45) is 7.05 Å². The van der Waals surface area contributed by atoms with Gasteiger partial charge in [0.25, 0.3) is 0 Å². The molecule has 0 saturated carbocycles. The molecule has 0 saturated heterocycles. The lowest BCUT2D eigenvalue weighted by molar-refractivity contribution is 0.104. The van der Waals surface area contributed by atoms with Crippen molar-refractivity contribution in [3.63, 3.8) is 0 Å². The van der Waals surface area contributed by atoms with Gasteiger partial charge < -0.3 is 0 Å². The SMILES string of the molecule is Cn1cc(C(=O)/C=C\c2cc(Br)cs2)cn1. The molecule has 0 aliphatic carbocycles. The monoisotopic (exact) mass is 296 g/mol. The Kier molecular flexibility index (Phi) is 3.36. The smallest absolute Gasteiger partial charge is 0.189 e.